The molecule has 0 aliphatic carbocycles. The van der Waals surface area contributed by atoms with Crippen molar-refractivity contribution in [2.75, 3.05) is 13.2 Å². The van der Waals surface area contributed by atoms with Crippen molar-refractivity contribution in [1.29, 1.82) is 0 Å². The fourth-order valence-electron chi connectivity index (χ4n) is 6.72. The number of carbonyl (C=O) groups is 2. The number of fused-ring (bicyclic) bond motifs is 1. The van der Waals surface area contributed by atoms with E-state index in [0.717, 1.165) is 22.1 Å². The molecule has 5 aromatic rings. The lowest BCUT2D eigenvalue weighted by Gasteiger charge is -2.23. The average molecular weight is 776 g/mol. The van der Waals surface area contributed by atoms with Crippen LogP contribution in [0.1, 0.15) is 90.1 Å². The maximum absolute atomic E-state index is 13.3. The highest BCUT2D eigenvalue weighted by Gasteiger charge is 2.30. The van der Waals surface area contributed by atoms with Crippen LogP contribution in [0.4, 0.5) is 4.79 Å². The van der Waals surface area contributed by atoms with Crippen LogP contribution in [0.15, 0.2) is 54.6 Å². The molecule has 0 saturated heterocycles. The van der Waals surface area contributed by atoms with E-state index in [1.54, 1.807) is 31.4 Å². The Morgan fingerprint density at radius 3 is 2.19 bits per heavy atom. The molecule has 286 valence electrons. The Morgan fingerprint density at radius 2 is 1.57 bits per heavy atom. The van der Waals surface area contributed by atoms with Crippen LogP contribution in [0.25, 0.3) is 22.0 Å². The number of halogens is 2. The minimum Gasteiger partial charge on any atom is -0.494 e. The number of carboxylic acid groups (broad SMARTS) is 1. The van der Waals surface area contributed by atoms with E-state index in [4.69, 9.17) is 47.4 Å². The van der Waals surface area contributed by atoms with Gasteiger partial charge in [0.25, 0.3) is 0 Å². The number of carboxylic acids is 1. The molecule has 54 heavy (non-hydrogen) atoms. The number of carbonyl (C=O) groups excluding carboxylic acids is 1. The number of rotatable bonds is 14. The highest BCUT2D eigenvalue weighted by atomic mass is 35.5. The van der Waals surface area contributed by atoms with Crippen LogP contribution >= 0.6 is 23.2 Å². The molecule has 10 nitrogen and oxygen atoms in total. The third-order valence-electron chi connectivity index (χ3n) is 8.96. The quantitative estimate of drug-likeness (QED) is 0.107. The van der Waals surface area contributed by atoms with Crippen LogP contribution in [0.3, 0.4) is 0 Å². The van der Waals surface area contributed by atoms with Gasteiger partial charge < -0.3 is 29.2 Å². The van der Waals surface area contributed by atoms with Gasteiger partial charge in [0.15, 0.2) is 5.82 Å². The van der Waals surface area contributed by atoms with Crippen molar-refractivity contribution < 1.29 is 28.9 Å². The molecule has 0 bridgehead atoms. The average Bonchev–Trinajstić information content (AvgIpc) is 3.43. The standard InChI is InChI=1S/C42H48Cl2N4O6/c1-24-19-30(20-25(2)37(24)44)53-18-12-15-31-32-16-17-33(43)36(35-27(4)46-34(47-28(35)5)23-52-22-29-13-10-9-11-14-29)38(32)48(39(31)40(49)50)26(3)21-45-41(51)54-42(6,7)8/h9-11,13-14,16-17,19-20,26H,12,15,18,21-23H2,1-8H3,(H,45,51)(H,49,50)/t26-/m1/s1. The van der Waals surface area contributed by atoms with E-state index in [0.29, 0.717) is 81.3 Å². The van der Waals surface area contributed by atoms with Gasteiger partial charge in [0.05, 0.1) is 23.8 Å². The van der Waals surface area contributed by atoms with E-state index in [1.807, 2.05) is 83.1 Å². The zero-order chi connectivity index (χ0) is 39.3. The number of aryl methyl sites for hydroxylation is 5. The second-order valence-corrected chi connectivity index (χ2v) is 15.3. The summed E-state index contributed by atoms with van der Waals surface area (Å²) in [5.74, 6) is 0.121. The van der Waals surface area contributed by atoms with Gasteiger partial charge >= 0.3 is 12.1 Å². The monoisotopic (exact) mass is 774 g/mol. The zero-order valence-corrected chi connectivity index (χ0v) is 33.6. The van der Waals surface area contributed by atoms with Gasteiger partial charge in [0, 0.05) is 45.5 Å². The van der Waals surface area contributed by atoms with Gasteiger partial charge in [0.1, 0.15) is 23.7 Å². The summed E-state index contributed by atoms with van der Waals surface area (Å²) >= 11 is 13.4. The lowest BCUT2D eigenvalue weighted by Crippen LogP contribution is -2.35. The van der Waals surface area contributed by atoms with Crippen molar-refractivity contribution in [3.63, 3.8) is 0 Å². The first kappa shape index (κ1) is 40.5. The molecule has 0 saturated carbocycles. The summed E-state index contributed by atoms with van der Waals surface area (Å²) in [4.78, 5) is 35.6. The van der Waals surface area contributed by atoms with Crippen molar-refractivity contribution in [3.05, 3.63) is 110 Å². The number of hydrogen-bond acceptors (Lipinski definition) is 7. The van der Waals surface area contributed by atoms with E-state index in [1.165, 1.54) is 0 Å². The Balaban J connectivity index is 1.56. The molecule has 1 amide bonds. The molecule has 0 unspecified atom stereocenters. The van der Waals surface area contributed by atoms with Crippen molar-refractivity contribution in [2.24, 2.45) is 0 Å². The second kappa shape index (κ2) is 17.2. The number of alkyl carbamates (subject to hydrolysis) is 1. The van der Waals surface area contributed by atoms with E-state index >= 15 is 0 Å². The number of aromatic nitrogens is 3. The fourth-order valence-corrected chi connectivity index (χ4v) is 7.08. The van der Waals surface area contributed by atoms with Crippen LogP contribution in [0, 0.1) is 27.7 Å². The van der Waals surface area contributed by atoms with E-state index in [2.05, 4.69) is 5.32 Å². The van der Waals surface area contributed by atoms with Gasteiger partial charge in [-0.15, -0.1) is 0 Å². The van der Waals surface area contributed by atoms with Crippen LogP contribution in [-0.4, -0.2) is 50.5 Å². The maximum atomic E-state index is 13.3. The van der Waals surface area contributed by atoms with E-state index < -0.39 is 23.7 Å². The molecule has 2 heterocycles. The van der Waals surface area contributed by atoms with Crippen LogP contribution in [0.2, 0.25) is 10.0 Å². The van der Waals surface area contributed by atoms with Gasteiger partial charge in [-0.3, -0.25) is 0 Å². The smallest absolute Gasteiger partial charge is 0.407 e. The Hall–Kier alpha value is -4.64. The number of nitrogens with one attached hydrogen (secondary N) is 1. The normalized spacial score (nSPS) is 12.2. The van der Waals surface area contributed by atoms with Gasteiger partial charge in [-0.05, 0) is 109 Å². The lowest BCUT2D eigenvalue weighted by atomic mass is 9.97. The Bertz CT molecular complexity index is 2110. The third kappa shape index (κ3) is 9.53. The zero-order valence-electron chi connectivity index (χ0n) is 32.1. The molecule has 5 rings (SSSR count). The first-order chi connectivity index (χ1) is 25.6. The molecule has 0 aliphatic rings. The molecular formula is C42H48Cl2N4O6. The summed E-state index contributed by atoms with van der Waals surface area (Å²) in [6.45, 7) is 15.9. The summed E-state index contributed by atoms with van der Waals surface area (Å²) in [5, 5.41) is 15.5. The predicted molar refractivity (Wildman–Crippen MR) is 213 cm³/mol. The summed E-state index contributed by atoms with van der Waals surface area (Å²) in [5.41, 5.74) is 6.18. The molecule has 0 fully saturated rings. The van der Waals surface area contributed by atoms with Gasteiger partial charge in [-0.1, -0.05) is 59.6 Å². The molecular weight excluding hydrogens is 727 g/mol. The SMILES string of the molecule is Cc1cc(OCCCc2c(C(=O)O)n([C@H](C)CNC(=O)OC(C)(C)C)c3c(-c4c(C)nc(COCc5ccccc5)nc4C)c(Cl)ccc23)cc(C)c1Cl. The topological polar surface area (TPSA) is 125 Å². The minimum absolute atomic E-state index is 0.0922. The van der Waals surface area contributed by atoms with Crippen LogP contribution in [0.5, 0.6) is 5.75 Å². The maximum Gasteiger partial charge on any atom is 0.407 e. The van der Waals surface area contributed by atoms with Crippen LogP contribution < -0.4 is 10.1 Å². The fraction of sp³-hybridized carbons (Fsp3) is 0.381. The van der Waals surface area contributed by atoms with Crippen molar-refractivity contribution >= 4 is 46.2 Å². The van der Waals surface area contributed by atoms with Crippen molar-refractivity contribution in [3.8, 4) is 16.9 Å². The number of amides is 1. The molecule has 0 aliphatic heterocycles. The van der Waals surface area contributed by atoms with Crippen molar-refractivity contribution in [1.82, 2.24) is 19.9 Å². The highest BCUT2D eigenvalue weighted by molar-refractivity contribution is 6.35. The van der Waals surface area contributed by atoms with Gasteiger partial charge in [0.2, 0.25) is 0 Å². The summed E-state index contributed by atoms with van der Waals surface area (Å²) < 4.78 is 19.3. The third-order valence-corrected chi connectivity index (χ3v) is 9.87. The van der Waals surface area contributed by atoms with Gasteiger partial charge in [-0.2, -0.15) is 0 Å². The first-order valence-corrected chi connectivity index (χ1v) is 18.7. The first-order valence-electron chi connectivity index (χ1n) is 18.0. The van der Waals surface area contributed by atoms with Gasteiger partial charge in [-0.25, -0.2) is 19.6 Å². The molecule has 3 aromatic carbocycles. The second-order valence-electron chi connectivity index (χ2n) is 14.5. The molecule has 12 heteroatoms. The number of aromatic carboxylic acids is 1. The highest BCUT2D eigenvalue weighted by Crippen LogP contribution is 2.43. The minimum atomic E-state index is -1.10. The number of ether oxygens (including phenoxy) is 3. The largest absolute Gasteiger partial charge is 0.494 e. The van der Waals surface area contributed by atoms with E-state index in [-0.39, 0.29) is 18.8 Å². The summed E-state index contributed by atoms with van der Waals surface area (Å²) in [6, 6.07) is 16.8. The molecule has 1 atom stereocenters. The molecule has 0 radical (unpaired) electrons. The van der Waals surface area contributed by atoms with Crippen molar-refractivity contribution in [2.45, 2.75) is 93.1 Å². The molecule has 0 spiro atoms. The predicted octanol–water partition coefficient (Wildman–Crippen LogP) is 10.2. The number of hydrogen-bond donors (Lipinski definition) is 2. The Morgan fingerprint density at radius 1 is 0.926 bits per heavy atom. The number of nitrogens with zero attached hydrogens (tertiary/aromatic N) is 3. The summed E-state index contributed by atoms with van der Waals surface area (Å²) in [6.07, 6.45) is 0.327. The molecule has 2 aromatic heterocycles. The van der Waals surface area contributed by atoms with E-state index in [9.17, 15) is 14.7 Å². The molecule has 2 N–H and O–H groups in total. The summed E-state index contributed by atoms with van der Waals surface area (Å²) in [7, 11) is 0. The van der Waals surface area contributed by atoms with Crippen LogP contribution in [-0.2, 0) is 29.1 Å². The lowest BCUT2D eigenvalue weighted by molar-refractivity contribution is 0.0521. The Labute approximate surface area is 326 Å². The number of benzene rings is 3. The Kier molecular flexibility index (Phi) is 12.9.